The first-order valence-corrected chi connectivity index (χ1v) is 8.53. The van der Waals surface area contributed by atoms with Gasteiger partial charge in [-0.05, 0) is 31.1 Å². The number of carboxylic acid groups (broad SMARTS) is 1. The van der Waals surface area contributed by atoms with Crippen LogP contribution in [0.5, 0.6) is 0 Å². The van der Waals surface area contributed by atoms with Gasteiger partial charge in [-0.1, -0.05) is 13.8 Å². The lowest BCUT2D eigenvalue weighted by molar-refractivity contribution is -0.137. The van der Waals surface area contributed by atoms with Gasteiger partial charge in [0.25, 0.3) is 0 Å². The highest BCUT2D eigenvalue weighted by Crippen LogP contribution is 2.29. The fraction of sp³-hybridized carbons (Fsp3) is 0.692. The van der Waals surface area contributed by atoms with Crippen molar-refractivity contribution < 1.29 is 18.3 Å². The maximum Gasteiger partial charge on any atom is 0.325 e. The van der Waals surface area contributed by atoms with Gasteiger partial charge < -0.3 is 5.11 Å². The minimum absolute atomic E-state index is 0.00886. The number of sulfonamides is 1. The zero-order chi connectivity index (χ0) is 15.6. The predicted molar refractivity (Wildman–Crippen MR) is 76.2 cm³/mol. The predicted octanol–water partition coefficient (Wildman–Crippen LogP) is 1.07. The van der Waals surface area contributed by atoms with Crippen LogP contribution in [0.4, 0.5) is 0 Å². The topological polar surface area (TPSA) is 101 Å². The van der Waals surface area contributed by atoms with Crippen LogP contribution in [0.2, 0.25) is 0 Å². The number of aliphatic carboxylic acids is 1. The highest BCUT2D eigenvalue weighted by molar-refractivity contribution is 7.89. The molecule has 0 aliphatic heterocycles. The van der Waals surface area contributed by atoms with Crippen LogP contribution in [0.1, 0.15) is 33.1 Å². The molecule has 0 aromatic carbocycles. The molecule has 1 aliphatic carbocycles. The average Bonchev–Trinajstić information content (AvgIpc) is 2.81. The van der Waals surface area contributed by atoms with E-state index in [4.69, 9.17) is 5.11 Å². The molecule has 2 N–H and O–H groups in total. The first-order chi connectivity index (χ1) is 9.78. The molecular formula is C13H21N3O4S. The molecule has 0 amide bonds. The van der Waals surface area contributed by atoms with Crippen LogP contribution in [0.3, 0.4) is 0 Å². The largest absolute Gasteiger partial charge is 0.480 e. The number of hydrogen-bond acceptors (Lipinski definition) is 4. The highest BCUT2D eigenvalue weighted by Gasteiger charge is 2.30. The van der Waals surface area contributed by atoms with E-state index in [0.29, 0.717) is 5.92 Å². The van der Waals surface area contributed by atoms with Crippen LogP contribution in [0, 0.1) is 11.8 Å². The summed E-state index contributed by atoms with van der Waals surface area (Å²) in [6.45, 7) is 3.88. The van der Waals surface area contributed by atoms with E-state index >= 15 is 0 Å². The normalized spacial score (nSPS) is 26.7. The monoisotopic (exact) mass is 315 g/mol. The zero-order valence-electron chi connectivity index (χ0n) is 12.2. The molecule has 1 aliphatic rings. The number of aromatic nitrogens is 2. The van der Waals surface area contributed by atoms with E-state index in [1.54, 1.807) is 0 Å². The number of nitrogens with one attached hydrogen (secondary N) is 1. The average molecular weight is 315 g/mol. The molecule has 3 unspecified atom stereocenters. The second-order valence-electron chi connectivity index (χ2n) is 5.89. The van der Waals surface area contributed by atoms with Crippen molar-refractivity contribution in [3.8, 4) is 0 Å². The Morgan fingerprint density at radius 1 is 1.48 bits per heavy atom. The van der Waals surface area contributed by atoms with Crippen LogP contribution in [-0.4, -0.2) is 35.3 Å². The van der Waals surface area contributed by atoms with Gasteiger partial charge in [0.2, 0.25) is 10.0 Å². The summed E-state index contributed by atoms with van der Waals surface area (Å²) in [6, 6.07) is -0.0750. The van der Waals surface area contributed by atoms with Crippen molar-refractivity contribution in [2.75, 3.05) is 0 Å². The van der Waals surface area contributed by atoms with Gasteiger partial charge >= 0.3 is 5.97 Å². The summed E-state index contributed by atoms with van der Waals surface area (Å²) in [5, 5.41) is 12.4. The summed E-state index contributed by atoms with van der Waals surface area (Å²) < 4.78 is 28.4. The molecule has 1 heterocycles. The molecule has 7 nitrogen and oxygen atoms in total. The van der Waals surface area contributed by atoms with E-state index in [1.165, 1.54) is 12.4 Å². The molecule has 2 rings (SSSR count). The minimum atomic E-state index is -3.65. The van der Waals surface area contributed by atoms with Crippen molar-refractivity contribution in [3.05, 3.63) is 12.4 Å². The summed E-state index contributed by atoms with van der Waals surface area (Å²) in [5.41, 5.74) is 0. The van der Waals surface area contributed by atoms with Gasteiger partial charge in [0, 0.05) is 12.2 Å². The van der Waals surface area contributed by atoms with Gasteiger partial charge in [0.15, 0.2) is 0 Å². The van der Waals surface area contributed by atoms with Gasteiger partial charge in [-0.25, -0.2) is 13.1 Å². The van der Waals surface area contributed by atoms with Gasteiger partial charge in [-0.2, -0.15) is 5.10 Å². The lowest BCUT2D eigenvalue weighted by atomic mass is 9.80. The van der Waals surface area contributed by atoms with Gasteiger partial charge in [-0.15, -0.1) is 0 Å². The third-order valence-corrected chi connectivity index (χ3v) is 5.40. The summed E-state index contributed by atoms with van der Waals surface area (Å²) in [7, 11) is -3.65. The lowest BCUT2D eigenvalue weighted by Crippen LogP contribution is -2.42. The fourth-order valence-electron chi connectivity index (χ4n) is 2.82. The Balaban J connectivity index is 2.07. The van der Waals surface area contributed by atoms with Crippen LogP contribution >= 0.6 is 0 Å². The number of hydrogen-bond donors (Lipinski definition) is 2. The van der Waals surface area contributed by atoms with Crippen molar-refractivity contribution >= 4 is 16.0 Å². The van der Waals surface area contributed by atoms with E-state index in [1.807, 2.05) is 0 Å². The van der Waals surface area contributed by atoms with E-state index in [0.717, 1.165) is 23.9 Å². The van der Waals surface area contributed by atoms with Crippen molar-refractivity contribution in [2.24, 2.45) is 11.8 Å². The summed E-state index contributed by atoms with van der Waals surface area (Å²) in [5.74, 6) is -0.151. The Bertz CT molecular complexity index is 611. The molecule has 0 radical (unpaired) electrons. The number of rotatable bonds is 5. The fourth-order valence-corrected chi connectivity index (χ4v) is 4.15. The summed E-state index contributed by atoms with van der Waals surface area (Å²) in [6.07, 6.45) is 5.26. The highest BCUT2D eigenvalue weighted by atomic mass is 32.2. The first-order valence-electron chi connectivity index (χ1n) is 7.04. The smallest absolute Gasteiger partial charge is 0.325 e. The molecule has 0 spiro atoms. The molecule has 3 atom stereocenters. The summed E-state index contributed by atoms with van der Waals surface area (Å²) >= 11 is 0. The van der Waals surface area contributed by atoms with E-state index in [2.05, 4.69) is 23.7 Å². The molecule has 1 fully saturated rings. The van der Waals surface area contributed by atoms with Crippen molar-refractivity contribution in [1.82, 2.24) is 14.5 Å². The molecule has 1 saturated carbocycles. The number of nitrogens with zero attached hydrogens (tertiary/aromatic N) is 2. The van der Waals surface area contributed by atoms with Crippen LogP contribution in [0.15, 0.2) is 17.3 Å². The molecule has 21 heavy (non-hydrogen) atoms. The standard InChI is InChI=1S/C13H21N3O4S/c1-9-3-4-12(10(2)5-9)15-21(19,20)11-6-14-16(7-11)8-13(17)18/h6-7,9-10,12,15H,3-5,8H2,1-2H3,(H,17,18). The minimum Gasteiger partial charge on any atom is -0.480 e. The quantitative estimate of drug-likeness (QED) is 0.846. The maximum atomic E-state index is 12.3. The van der Waals surface area contributed by atoms with Gasteiger partial charge in [0.1, 0.15) is 11.4 Å². The molecule has 118 valence electrons. The molecule has 1 aromatic heterocycles. The van der Waals surface area contributed by atoms with Crippen LogP contribution in [0.25, 0.3) is 0 Å². The Labute approximate surface area is 124 Å². The SMILES string of the molecule is CC1CCC(NS(=O)(=O)c2cnn(CC(=O)O)c2)C(C)C1. The second-order valence-corrected chi connectivity index (χ2v) is 7.60. The molecule has 1 aromatic rings. The summed E-state index contributed by atoms with van der Waals surface area (Å²) in [4.78, 5) is 10.6. The van der Waals surface area contributed by atoms with E-state index in [-0.39, 0.29) is 23.4 Å². The lowest BCUT2D eigenvalue weighted by Gasteiger charge is -2.32. The molecular weight excluding hydrogens is 294 g/mol. The first kappa shape index (κ1) is 16.0. The third kappa shape index (κ3) is 4.04. The molecule has 0 bridgehead atoms. The van der Waals surface area contributed by atoms with Crippen LogP contribution < -0.4 is 4.72 Å². The van der Waals surface area contributed by atoms with Gasteiger partial charge in [-0.3, -0.25) is 9.48 Å². The Morgan fingerprint density at radius 3 is 2.81 bits per heavy atom. The Morgan fingerprint density at radius 2 is 2.19 bits per heavy atom. The maximum absolute atomic E-state index is 12.3. The van der Waals surface area contributed by atoms with Crippen molar-refractivity contribution in [2.45, 2.75) is 50.6 Å². The Hall–Kier alpha value is -1.41. The third-order valence-electron chi connectivity index (χ3n) is 3.96. The van der Waals surface area contributed by atoms with Gasteiger partial charge in [0.05, 0.1) is 6.20 Å². The van der Waals surface area contributed by atoms with Crippen molar-refractivity contribution in [3.63, 3.8) is 0 Å². The van der Waals surface area contributed by atoms with E-state index < -0.39 is 16.0 Å². The van der Waals surface area contributed by atoms with E-state index in [9.17, 15) is 13.2 Å². The molecule has 0 saturated heterocycles. The number of carbonyl (C=O) groups is 1. The number of carboxylic acids is 1. The van der Waals surface area contributed by atoms with Crippen molar-refractivity contribution in [1.29, 1.82) is 0 Å². The molecule has 8 heteroatoms. The van der Waals surface area contributed by atoms with Crippen LogP contribution in [-0.2, 0) is 21.4 Å². The second kappa shape index (κ2) is 6.15. The zero-order valence-corrected chi connectivity index (χ0v) is 13.0. The Kier molecular flexibility index (Phi) is 4.67.